The van der Waals surface area contributed by atoms with E-state index in [-0.39, 0.29) is 0 Å². The largest absolute Gasteiger partial charge is 0.491 e. The summed E-state index contributed by atoms with van der Waals surface area (Å²) in [6, 6.07) is 0. The van der Waals surface area contributed by atoms with Gasteiger partial charge < -0.3 is 4.74 Å². The third-order valence-electron chi connectivity index (χ3n) is 2.34. The second-order valence-corrected chi connectivity index (χ2v) is 3.58. The quantitative estimate of drug-likeness (QED) is 0.461. The second kappa shape index (κ2) is 4.34. The van der Waals surface area contributed by atoms with E-state index in [4.69, 9.17) is 4.74 Å². The summed E-state index contributed by atoms with van der Waals surface area (Å²) in [5.74, 6) is 0.766. The molecule has 68 valence electrons. The molecule has 0 radical (unpaired) electrons. The Hall–Kier alpha value is -0.720. The molecule has 1 saturated carbocycles. The van der Waals surface area contributed by atoms with Gasteiger partial charge in [-0.05, 0) is 38.2 Å². The molecule has 0 aromatic rings. The molecule has 0 bridgehead atoms. The number of hydrogen-bond donors (Lipinski definition) is 0. The van der Waals surface area contributed by atoms with Gasteiger partial charge in [0.25, 0.3) is 0 Å². The third-order valence-corrected chi connectivity index (χ3v) is 2.34. The molecular weight excluding hydrogens is 148 g/mol. The molecule has 0 N–H and O–H groups in total. The first kappa shape index (κ1) is 9.37. The van der Waals surface area contributed by atoms with Crippen LogP contribution in [0.15, 0.2) is 24.5 Å². The second-order valence-electron chi connectivity index (χ2n) is 3.58. The lowest BCUT2D eigenvalue weighted by Crippen LogP contribution is -2.16. The maximum absolute atomic E-state index is 5.66. The van der Waals surface area contributed by atoms with Gasteiger partial charge in [-0.1, -0.05) is 19.6 Å². The van der Waals surface area contributed by atoms with Crippen LogP contribution in [0.3, 0.4) is 0 Å². The van der Waals surface area contributed by atoms with Crippen LogP contribution in [0.2, 0.25) is 0 Å². The summed E-state index contributed by atoms with van der Waals surface area (Å²) in [6.07, 6.45) is 6.74. The van der Waals surface area contributed by atoms with Crippen LogP contribution in [0.1, 0.15) is 39.0 Å². The molecular formula is C11H18O. The minimum atomic E-state index is 0.406. The fraction of sp³-hybridized carbons (Fsp3) is 0.636. The van der Waals surface area contributed by atoms with E-state index >= 15 is 0 Å². The van der Waals surface area contributed by atoms with Crippen molar-refractivity contribution in [3.05, 3.63) is 24.5 Å². The van der Waals surface area contributed by atoms with Crippen LogP contribution in [-0.4, -0.2) is 6.10 Å². The van der Waals surface area contributed by atoms with Crippen LogP contribution in [0.25, 0.3) is 0 Å². The normalized spacial score (nSPS) is 18.8. The third kappa shape index (κ3) is 2.72. The minimum absolute atomic E-state index is 0.406. The Labute approximate surface area is 75.1 Å². The lowest BCUT2D eigenvalue weighted by atomic mass is 9.98. The first-order chi connectivity index (χ1) is 5.70. The van der Waals surface area contributed by atoms with E-state index in [0.717, 1.165) is 11.3 Å². The van der Waals surface area contributed by atoms with Crippen LogP contribution >= 0.6 is 0 Å². The Bertz CT molecular complexity index is 175. The van der Waals surface area contributed by atoms with Crippen LogP contribution < -0.4 is 0 Å². The summed E-state index contributed by atoms with van der Waals surface area (Å²) in [7, 11) is 0. The van der Waals surface area contributed by atoms with Gasteiger partial charge in [-0.15, -0.1) is 0 Å². The van der Waals surface area contributed by atoms with Gasteiger partial charge in [0.05, 0.1) is 6.10 Å². The van der Waals surface area contributed by atoms with Crippen molar-refractivity contribution in [2.24, 2.45) is 0 Å². The smallest absolute Gasteiger partial charge is 0.114 e. The zero-order valence-corrected chi connectivity index (χ0v) is 7.94. The predicted octanol–water partition coefficient (Wildman–Crippen LogP) is 3.43. The van der Waals surface area contributed by atoms with Gasteiger partial charge in [-0.3, -0.25) is 0 Å². The molecule has 0 atom stereocenters. The molecule has 0 aromatic heterocycles. The Balaban J connectivity index is 2.29. The first-order valence-electron chi connectivity index (χ1n) is 4.71. The fourth-order valence-electron chi connectivity index (χ4n) is 1.48. The SMILES string of the molecule is C=C(C)C(=C)OC1CCCCC1. The van der Waals surface area contributed by atoms with E-state index in [2.05, 4.69) is 13.2 Å². The van der Waals surface area contributed by atoms with E-state index < -0.39 is 0 Å². The van der Waals surface area contributed by atoms with Gasteiger partial charge in [0.15, 0.2) is 0 Å². The Morgan fingerprint density at radius 1 is 1.17 bits per heavy atom. The monoisotopic (exact) mass is 166 g/mol. The van der Waals surface area contributed by atoms with Crippen molar-refractivity contribution in [3.63, 3.8) is 0 Å². The summed E-state index contributed by atoms with van der Waals surface area (Å²) < 4.78 is 5.66. The van der Waals surface area contributed by atoms with Crippen LogP contribution in [0.5, 0.6) is 0 Å². The van der Waals surface area contributed by atoms with Crippen LogP contribution in [0.4, 0.5) is 0 Å². The minimum Gasteiger partial charge on any atom is -0.491 e. The Morgan fingerprint density at radius 2 is 1.75 bits per heavy atom. The zero-order chi connectivity index (χ0) is 8.97. The van der Waals surface area contributed by atoms with Crippen LogP contribution in [0, 0.1) is 0 Å². The lowest BCUT2D eigenvalue weighted by molar-refractivity contribution is 0.0884. The number of rotatable bonds is 3. The van der Waals surface area contributed by atoms with Gasteiger partial charge in [0, 0.05) is 0 Å². The molecule has 0 saturated heterocycles. The maximum atomic E-state index is 5.66. The molecule has 1 fully saturated rings. The fourth-order valence-corrected chi connectivity index (χ4v) is 1.48. The lowest BCUT2D eigenvalue weighted by Gasteiger charge is -2.24. The van der Waals surface area contributed by atoms with Crippen LogP contribution in [-0.2, 0) is 4.74 Å². The molecule has 0 spiro atoms. The van der Waals surface area contributed by atoms with E-state index in [1.165, 1.54) is 32.1 Å². The highest BCUT2D eigenvalue weighted by molar-refractivity contribution is 5.16. The van der Waals surface area contributed by atoms with Gasteiger partial charge >= 0.3 is 0 Å². The van der Waals surface area contributed by atoms with Crippen molar-refractivity contribution in [1.29, 1.82) is 0 Å². The molecule has 0 aliphatic heterocycles. The Morgan fingerprint density at radius 3 is 2.25 bits per heavy atom. The molecule has 1 rings (SSSR count). The summed E-state index contributed by atoms with van der Waals surface area (Å²) in [5.41, 5.74) is 0.945. The van der Waals surface area contributed by atoms with E-state index in [1.54, 1.807) is 0 Å². The van der Waals surface area contributed by atoms with Gasteiger partial charge in [0.1, 0.15) is 5.76 Å². The van der Waals surface area contributed by atoms with Gasteiger partial charge in [0.2, 0.25) is 0 Å². The zero-order valence-electron chi connectivity index (χ0n) is 7.94. The number of ether oxygens (including phenoxy) is 1. The van der Waals surface area contributed by atoms with E-state index in [9.17, 15) is 0 Å². The molecule has 1 aliphatic rings. The van der Waals surface area contributed by atoms with Crippen molar-refractivity contribution < 1.29 is 4.74 Å². The van der Waals surface area contributed by atoms with Crippen molar-refractivity contribution in [2.75, 3.05) is 0 Å². The number of hydrogen-bond acceptors (Lipinski definition) is 1. The van der Waals surface area contributed by atoms with Crippen molar-refractivity contribution in [2.45, 2.75) is 45.1 Å². The summed E-state index contributed by atoms with van der Waals surface area (Å²) in [5, 5.41) is 0. The predicted molar refractivity (Wildman–Crippen MR) is 51.9 cm³/mol. The highest BCUT2D eigenvalue weighted by Gasteiger charge is 2.14. The van der Waals surface area contributed by atoms with Crippen molar-refractivity contribution in [3.8, 4) is 0 Å². The van der Waals surface area contributed by atoms with E-state index in [0.29, 0.717) is 6.10 Å². The summed E-state index contributed by atoms with van der Waals surface area (Å²) in [6.45, 7) is 9.56. The van der Waals surface area contributed by atoms with Crippen molar-refractivity contribution >= 4 is 0 Å². The average Bonchev–Trinajstić information content (AvgIpc) is 2.06. The molecule has 0 heterocycles. The highest BCUT2D eigenvalue weighted by atomic mass is 16.5. The Kier molecular flexibility index (Phi) is 3.39. The molecule has 1 nitrogen and oxygen atoms in total. The molecule has 12 heavy (non-hydrogen) atoms. The summed E-state index contributed by atoms with van der Waals surface area (Å²) >= 11 is 0. The molecule has 0 amide bonds. The van der Waals surface area contributed by atoms with Gasteiger partial charge in [-0.25, -0.2) is 0 Å². The molecule has 1 aliphatic carbocycles. The average molecular weight is 166 g/mol. The van der Waals surface area contributed by atoms with Crippen molar-refractivity contribution in [1.82, 2.24) is 0 Å². The van der Waals surface area contributed by atoms with E-state index in [1.807, 2.05) is 6.92 Å². The molecule has 0 aromatic carbocycles. The molecule has 0 unspecified atom stereocenters. The number of allylic oxidation sites excluding steroid dienone is 1. The molecule has 1 heteroatoms. The van der Waals surface area contributed by atoms with Gasteiger partial charge in [-0.2, -0.15) is 0 Å². The topological polar surface area (TPSA) is 9.23 Å². The first-order valence-corrected chi connectivity index (χ1v) is 4.71. The standard InChI is InChI=1S/C11H18O/c1-9(2)10(3)12-11-7-5-4-6-8-11/h11H,1,3-8H2,2H3. The highest BCUT2D eigenvalue weighted by Crippen LogP contribution is 2.23. The summed E-state index contributed by atoms with van der Waals surface area (Å²) in [4.78, 5) is 0. The maximum Gasteiger partial charge on any atom is 0.114 e.